The van der Waals surface area contributed by atoms with E-state index < -0.39 is 0 Å². The molecule has 2 aromatic rings. The average molecular weight is 402 g/mol. The number of aromatic nitrogens is 2. The van der Waals surface area contributed by atoms with Gasteiger partial charge in [0.2, 0.25) is 5.91 Å². The van der Waals surface area contributed by atoms with Crippen LogP contribution in [0.1, 0.15) is 50.5 Å². The third-order valence-corrected chi connectivity index (χ3v) is 7.35. The van der Waals surface area contributed by atoms with Gasteiger partial charge in [0.15, 0.2) is 0 Å². The lowest BCUT2D eigenvalue weighted by molar-refractivity contribution is -0.124. The number of anilines is 1. The van der Waals surface area contributed by atoms with Crippen molar-refractivity contribution in [3.8, 4) is 0 Å². The number of nitrogens with one attached hydrogen (secondary N) is 1. The Morgan fingerprint density at radius 3 is 2.54 bits per heavy atom. The zero-order valence-electron chi connectivity index (χ0n) is 15.8. The summed E-state index contributed by atoms with van der Waals surface area (Å²) in [6.07, 6.45) is 11.8. The topological polar surface area (TPSA) is 46.9 Å². The lowest BCUT2D eigenvalue weighted by Crippen LogP contribution is -2.47. The Bertz CT molecular complexity index is 853. The summed E-state index contributed by atoms with van der Waals surface area (Å²) in [5.41, 5.74) is 1.27. The summed E-state index contributed by atoms with van der Waals surface area (Å²) in [5, 5.41) is 7.63. The number of nitrogens with zero attached hydrogens (tertiary/aromatic N) is 2. The van der Waals surface area contributed by atoms with Crippen LogP contribution in [0.3, 0.4) is 0 Å². The van der Waals surface area contributed by atoms with Gasteiger partial charge in [0.1, 0.15) is 5.82 Å². The molecule has 1 heterocycles. The molecule has 4 bridgehead atoms. The first kappa shape index (κ1) is 18.2. The van der Waals surface area contributed by atoms with Crippen LogP contribution in [0.5, 0.6) is 0 Å². The largest absolute Gasteiger partial charge is 0.323 e. The van der Waals surface area contributed by atoms with Crippen molar-refractivity contribution in [2.24, 2.45) is 23.2 Å². The molecule has 4 aliphatic rings. The first-order valence-corrected chi connectivity index (χ1v) is 10.6. The normalized spacial score (nSPS) is 30.6. The van der Waals surface area contributed by atoms with E-state index in [4.69, 9.17) is 11.6 Å². The van der Waals surface area contributed by atoms with Crippen LogP contribution in [0.2, 0.25) is 5.02 Å². The number of benzene rings is 1. The number of amides is 1. The maximum atomic E-state index is 14.0. The van der Waals surface area contributed by atoms with Crippen molar-refractivity contribution < 1.29 is 9.18 Å². The Hall–Kier alpha value is -1.88. The zero-order chi connectivity index (χ0) is 19.3. The molecule has 6 heteroatoms. The standard InChI is InChI=1S/C22H25ClFN3O/c23-19-2-1-3-20(24)18(19)13-27-12-17(11-25-27)26-21(28)10-22-7-14-4-15(8-22)6-16(5-14)9-22/h1-3,11-12,14-16H,4-10,13H2,(H,26,28). The second-order valence-corrected chi connectivity index (χ2v) is 9.68. The van der Waals surface area contributed by atoms with Gasteiger partial charge in [-0.25, -0.2) is 4.39 Å². The minimum atomic E-state index is -0.351. The molecule has 1 N–H and O–H groups in total. The van der Waals surface area contributed by atoms with Gasteiger partial charge in [-0.15, -0.1) is 0 Å². The molecule has 1 aromatic carbocycles. The number of carbonyl (C=O) groups excluding carboxylic acids is 1. The molecule has 0 spiro atoms. The number of halogens is 2. The van der Waals surface area contributed by atoms with Crippen LogP contribution in [0.15, 0.2) is 30.6 Å². The number of hydrogen-bond acceptors (Lipinski definition) is 2. The lowest BCUT2D eigenvalue weighted by atomic mass is 9.49. The van der Waals surface area contributed by atoms with E-state index >= 15 is 0 Å². The van der Waals surface area contributed by atoms with Crippen molar-refractivity contribution in [1.82, 2.24) is 9.78 Å². The highest BCUT2D eigenvalue weighted by Crippen LogP contribution is 2.61. The molecule has 0 radical (unpaired) electrons. The van der Waals surface area contributed by atoms with E-state index in [-0.39, 0.29) is 23.7 Å². The van der Waals surface area contributed by atoms with Gasteiger partial charge in [0.25, 0.3) is 0 Å². The molecular weight excluding hydrogens is 377 g/mol. The number of rotatable bonds is 5. The van der Waals surface area contributed by atoms with Crippen LogP contribution in [-0.2, 0) is 11.3 Å². The average Bonchev–Trinajstić information content (AvgIpc) is 3.03. The fraction of sp³-hybridized carbons (Fsp3) is 0.545. The van der Waals surface area contributed by atoms with Gasteiger partial charge in [0.05, 0.1) is 18.4 Å². The smallest absolute Gasteiger partial charge is 0.225 e. The highest BCUT2D eigenvalue weighted by molar-refractivity contribution is 6.31. The monoisotopic (exact) mass is 401 g/mol. The van der Waals surface area contributed by atoms with Gasteiger partial charge in [-0.05, 0) is 73.8 Å². The minimum Gasteiger partial charge on any atom is -0.323 e. The van der Waals surface area contributed by atoms with Crippen LogP contribution >= 0.6 is 11.6 Å². The third-order valence-electron chi connectivity index (χ3n) is 7.00. The predicted octanol–water partition coefficient (Wildman–Crippen LogP) is 5.27. The van der Waals surface area contributed by atoms with Crippen LogP contribution < -0.4 is 5.32 Å². The lowest BCUT2D eigenvalue weighted by Gasteiger charge is -2.56. The van der Waals surface area contributed by atoms with Crippen LogP contribution in [-0.4, -0.2) is 15.7 Å². The van der Waals surface area contributed by atoms with E-state index in [1.165, 1.54) is 44.6 Å². The fourth-order valence-electron chi connectivity index (χ4n) is 6.41. The third kappa shape index (κ3) is 3.45. The minimum absolute atomic E-state index is 0.0745. The second kappa shape index (κ2) is 6.87. The molecular formula is C22H25ClFN3O. The molecule has 4 nitrogen and oxygen atoms in total. The predicted molar refractivity (Wildman–Crippen MR) is 107 cm³/mol. The summed E-state index contributed by atoms with van der Waals surface area (Å²) >= 11 is 6.09. The molecule has 4 aliphatic carbocycles. The summed E-state index contributed by atoms with van der Waals surface area (Å²) in [6.45, 7) is 0.232. The summed E-state index contributed by atoms with van der Waals surface area (Å²) in [4.78, 5) is 12.7. The van der Waals surface area contributed by atoms with Crippen molar-refractivity contribution in [2.45, 2.75) is 51.5 Å². The van der Waals surface area contributed by atoms with Crippen molar-refractivity contribution in [3.63, 3.8) is 0 Å². The molecule has 0 atom stereocenters. The Kier molecular flexibility index (Phi) is 4.46. The fourth-order valence-corrected chi connectivity index (χ4v) is 6.64. The molecule has 0 saturated heterocycles. The molecule has 1 aromatic heterocycles. The number of hydrogen-bond donors (Lipinski definition) is 1. The van der Waals surface area contributed by atoms with E-state index in [0.29, 0.717) is 22.7 Å². The Morgan fingerprint density at radius 1 is 1.21 bits per heavy atom. The number of carbonyl (C=O) groups is 1. The Morgan fingerprint density at radius 2 is 1.89 bits per heavy atom. The molecule has 148 valence electrons. The summed E-state index contributed by atoms with van der Waals surface area (Å²) in [7, 11) is 0. The highest BCUT2D eigenvalue weighted by atomic mass is 35.5. The summed E-state index contributed by atoms with van der Waals surface area (Å²) in [6, 6.07) is 4.64. The second-order valence-electron chi connectivity index (χ2n) is 9.27. The van der Waals surface area contributed by atoms with Crippen molar-refractivity contribution in [3.05, 3.63) is 47.0 Å². The quantitative estimate of drug-likeness (QED) is 0.741. The molecule has 0 aliphatic heterocycles. The zero-order valence-corrected chi connectivity index (χ0v) is 16.6. The maximum absolute atomic E-state index is 14.0. The van der Waals surface area contributed by atoms with Crippen LogP contribution in [0, 0.1) is 29.0 Å². The molecule has 4 fully saturated rings. The van der Waals surface area contributed by atoms with Crippen molar-refractivity contribution >= 4 is 23.2 Å². The SMILES string of the molecule is O=C(CC12CC3CC(CC(C3)C1)C2)Nc1cnn(Cc2c(F)cccc2Cl)c1. The van der Waals surface area contributed by atoms with Gasteiger partial charge >= 0.3 is 0 Å². The van der Waals surface area contributed by atoms with E-state index in [9.17, 15) is 9.18 Å². The molecule has 6 rings (SSSR count). The molecule has 1 amide bonds. The Labute approximate surface area is 169 Å². The molecule has 4 saturated carbocycles. The van der Waals surface area contributed by atoms with Gasteiger partial charge in [0, 0.05) is 23.2 Å². The van der Waals surface area contributed by atoms with Crippen molar-refractivity contribution in [2.75, 3.05) is 5.32 Å². The molecule has 28 heavy (non-hydrogen) atoms. The maximum Gasteiger partial charge on any atom is 0.225 e. The van der Waals surface area contributed by atoms with Gasteiger partial charge in [-0.2, -0.15) is 5.10 Å². The molecule has 0 unspecified atom stereocenters. The van der Waals surface area contributed by atoms with E-state index in [1.807, 2.05) is 0 Å². The van der Waals surface area contributed by atoms with E-state index in [2.05, 4.69) is 10.4 Å². The summed E-state index contributed by atoms with van der Waals surface area (Å²) < 4.78 is 15.6. The highest BCUT2D eigenvalue weighted by Gasteiger charge is 2.51. The Balaban J connectivity index is 1.23. The first-order chi connectivity index (χ1) is 13.5. The van der Waals surface area contributed by atoms with Gasteiger partial charge < -0.3 is 5.32 Å². The van der Waals surface area contributed by atoms with E-state index in [1.54, 1.807) is 29.2 Å². The van der Waals surface area contributed by atoms with Crippen LogP contribution in [0.4, 0.5) is 10.1 Å². The van der Waals surface area contributed by atoms with Gasteiger partial charge in [-0.3, -0.25) is 9.48 Å². The van der Waals surface area contributed by atoms with Gasteiger partial charge in [-0.1, -0.05) is 17.7 Å². The van der Waals surface area contributed by atoms with Crippen molar-refractivity contribution in [1.29, 1.82) is 0 Å². The first-order valence-electron chi connectivity index (χ1n) is 10.2. The summed E-state index contributed by atoms with van der Waals surface area (Å²) in [5.74, 6) is 2.24. The van der Waals surface area contributed by atoms with E-state index in [0.717, 1.165) is 17.8 Å². The van der Waals surface area contributed by atoms with Crippen LogP contribution in [0.25, 0.3) is 0 Å².